The summed E-state index contributed by atoms with van der Waals surface area (Å²) >= 11 is 5.74. The third-order valence-electron chi connectivity index (χ3n) is 4.86. The van der Waals surface area contributed by atoms with E-state index in [1.807, 2.05) is 0 Å². The van der Waals surface area contributed by atoms with Gasteiger partial charge in [0.05, 0.1) is 22.5 Å². The van der Waals surface area contributed by atoms with E-state index < -0.39 is 28.2 Å². The van der Waals surface area contributed by atoms with Crippen LogP contribution in [0.2, 0.25) is 5.02 Å². The maximum absolute atomic E-state index is 13.0. The predicted octanol–water partition coefficient (Wildman–Crippen LogP) is 2.11. The topological polar surface area (TPSA) is 115 Å². The molecule has 2 amide bonds. The summed E-state index contributed by atoms with van der Waals surface area (Å²) in [7, 11) is 0. The maximum Gasteiger partial charge on any atom is 0.417 e. The van der Waals surface area contributed by atoms with E-state index in [4.69, 9.17) is 23.1 Å². The zero-order valence-corrected chi connectivity index (χ0v) is 15.8. The van der Waals surface area contributed by atoms with Crippen LogP contribution in [-0.4, -0.2) is 26.7 Å². The van der Waals surface area contributed by atoms with Gasteiger partial charge in [-0.25, -0.2) is 0 Å². The van der Waals surface area contributed by atoms with Gasteiger partial charge in [0.25, 0.3) is 0 Å². The van der Waals surface area contributed by atoms with Crippen molar-refractivity contribution in [3.8, 4) is 0 Å². The number of carbonyl (C=O) groups excluding carboxylic acids is 2. The molecule has 2 heterocycles. The minimum atomic E-state index is -4.58. The highest BCUT2D eigenvalue weighted by Gasteiger charge is 2.38. The Morgan fingerprint density at radius 2 is 1.83 bits per heavy atom. The van der Waals surface area contributed by atoms with Gasteiger partial charge in [0.1, 0.15) is 5.54 Å². The van der Waals surface area contributed by atoms with E-state index in [9.17, 15) is 22.8 Å². The highest BCUT2D eigenvalue weighted by atomic mass is 35.5. The van der Waals surface area contributed by atoms with Gasteiger partial charge in [-0.15, -0.1) is 0 Å². The number of carbonyl (C=O) groups is 2. The van der Waals surface area contributed by atoms with Gasteiger partial charge in [-0.2, -0.15) is 13.2 Å². The predicted molar refractivity (Wildman–Crippen MR) is 97.0 cm³/mol. The summed E-state index contributed by atoms with van der Waals surface area (Å²) in [6.45, 7) is 0.124. The van der Waals surface area contributed by atoms with Gasteiger partial charge in [0.2, 0.25) is 11.8 Å². The maximum atomic E-state index is 13.0. The SMILES string of the molecule is NC(=O)[C@@](N)(CCC(=O)N1Cc2cc(Cl)c(C(F)(F)F)cc2C1)c1cnccn1. The van der Waals surface area contributed by atoms with Crippen molar-refractivity contribution in [2.75, 3.05) is 0 Å². The first-order valence-electron chi connectivity index (χ1n) is 8.54. The van der Waals surface area contributed by atoms with Crippen LogP contribution in [0.1, 0.15) is 35.2 Å². The average molecular weight is 428 g/mol. The molecule has 3 rings (SSSR count). The largest absolute Gasteiger partial charge is 0.417 e. The molecule has 1 atom stereocenters. The Hall–Kier alpha value is -2.72. The number of rotatable bonds is 5. The number of primary amides is 1. The summed E-state index contributed by atoms with van der Waals surface area (Å²) in [5, 5.41) is -0.414. The van der Waals surface area contributed by atoms with Gasteiger partial charge < -0.3 is 16.4 Å². The second-order valence-electron chi connectivity index (χ2n) is 6.77. The number of hydrogen-bond donors (Lipinski definition) is 2. The zero-order valence-electron chi connectivity index (χ0n) is 15.0. The quantitative estimate of drug-likeness (QED) is 0.758. The van der Waals surface area contributed by atoms with Crippen molar-refractivity contribution >= 4 is 23.4 Å². The van der Waals surface area contributed by atoms with Gasteiger partial charge in [-0.3, -0.25) is 19.6 Å². The van der Waals surface area contributed by atoms with Gasteiger partial charge in [0.15, 0.2) is 0 Å². The fourth-order valence-corrected chi connectivity index (χ4v) is 3.48. The molecule has 11 heteroatoms. The number of aromatic nitrogens is 2. The summed E-state index contributed by atoms with van der Waals surface area (Å²) in [6, 6.07) is 2.18. The molecule has 29 heavy (non-hydrogen) atoms. The number of nitrogens with two attached hydrogens (primary N) is 2. The van der Waals surface area contributed by atoms with Crippen LogP contribution in [0.4, 0.5) is 13.2 Å². The first-order chi connectivity index (χ1) is 13.5. The lowest BCUT2D eigenvalue weighted by molar-refractivity contribution is -0.137. The van der Waals surface area contributed by atoms with Gasteiger partial charge in [0, 0.05) is 31.9 Å². The molecule has 0 unspecified atom stereocenters. The number of alkyl halides is 3. The molecule has 4 N–H and O–H groups in total. The van der Waals surface area contributed by atoms with E-state index >= 15 is 0 Å². The van der Waals surface area contributed by atoms with E-state index in [2.05, 4.69) is 9.97 Å². The highest BCUT2D eigenvalue weighted by molar-refractivity contribution is 6.31. The van der Waals surface area contributed by atoms with Crippen molar-refractivity contribution in [3.63, 3.8) is 0 Å². The molecule has 7 nitrogen and oxygen atoms in total. The second kappa shape index (κ2) is 7.60. The Balaban J connectivity index is 1.72. The molecular formula is C18H17ClF3N5O2. The third kappa shape index (κ3) is 4.18. The molecule has 2 aromatic rings. The molecule has 0 aliphatic carbocycles. The van der Waals surface area contributed by atoms with Crippen LogP contribution < -0.4 is 11.5 Å². The van der Waals surface area contributed by atoms with Crippen LogP contribution in [0.25, 0.3) is 0 Å². The second-order valence-corrected chi connectivity index (χ2v) is 7.18. The van der Waals surface area contributed by atoms with Crippen molar-refractivity contribution in [2.45, 2.75) is 37.6 Å². The summed E-state index contributed by atoms with van der Waals surface area (Å²) in [4.78, 5) is 33.7. The molecule has 0 fully saturated rings. The summed E-state index contributed by atoms with van der Waals surface area (Å²) in [5.74, 6) is -1.25. The monoisotopic (exact) mass is 427 g/mol. The van der Waals surface area contributed by atoms with Crippen molar-refractivity contribution in [1.82, 2.24) is 14.9 Å². The Bertz CT molecular complexity index is 955. The number of nitrogens with zero attached hydrogens (tertiary/aromatic N) is 3. The molecule has 0 bridgehead atoms. The minimum absolute atomic E-state index is 0.00764. The van der Waals surface area contributed by atoms with E-state index in [0.29, 0.717) is 11.1 Å². The molecule has 0 spiro atoms. The number of benzene rings is 1. The fraction of sp³-hybridized carbons (Fsp3) is 0.333. The smallest absolute Gasteiger partial charge is 0.368 e. The van der Waals surface area contributed by atoms with Crippen molar-refractivity contribution < 1.29 is 22.8 Å². The molecular weight excluding hydrogens is 411 g/mol. The number of halogens is 4. The van der Waals surface area contributed by atoms with E-state index in [0.717, 1.165) is 6.07 Å². The lowest BCUT2D eigenvalue weighted by atomic mass is 9.90. The lowest BCUT2D eigenvalue weighted by Gasteiger charge is -2.25. The summed E-state index contributed by atoms with van der Waals surface area (Å²) in [6.07, 6.45) is -0.813. The lowest BCUT2D eigenvalue weighted by Crippen LogP contribution is -2.50. The van der Waals surface area contributed by atoms with E-state index in [-0.39, 0.29) is 37.5 Å². The van der Waals surface area contributed by atoms with Crippen LogP contribution >= 0.6 is 11.6 Å². The van der Waals surface area contributed by atoms with Crippen LogP contribution in [0.5, 0.6) is 0 Å². The molecule has 0 radical (unpaired) electrons. The number of fused-ring (bicyclic) bond motifs is 1. The third-order valence-corrected chi connectivity index (χ3v) is 5.18. The molecule has 0 saturated heterocycles. The Morgan fingerprint density at radius 1 is 1.17 bits per heavy atom. The summed E-state index contributed by atoms with van der Waals surface area (Å²) in [5.41, 5.74) is 9.91. The standard InChI is InChI=1S/C18H17ClF3N5O2/c19-13-6-11-9-27(8-10(11)5-12(13)18(20,21)22)15(28)1-2-17(24,16(23)29)14-7-25-3-4-26-14/h3-7H,1-2,8-9,24H2,(H2,23,29)/t17-/m1/s1. The van der Waals surface area contributed by atoms with E-state index in [1.54, 1.807) is 0 Å². The normalized spacial score (nSPS) is 15.7. The molecule has 1 aliphatic rings. The van der Waals surface area contributed by atoms with Crippen molar-refractivity contribution in [2.24, 2.45) is 11.5 Å². The first kappa shape index (κ1) is 21.0. The minimum Gasteiger partial charge on any atom is -0.368 e. The van der Waals surface area contributed by atoms with Crippen LogP contribution in [0.15, 0.2) is 30.7 Å². The van der Waals surface area contributed by atoms with E-state index in [1.165, 1.54) is 29.6 Å². The van der Waals surface area contributed by atoms with Crippen LogP contribution in [0, 0.1) is 0 Å². The average Bonchev–Trinajstić information content (AvgIpc) is 3.07. The Morgan fingerprint density at radius 3 is 2.38 bits per heavy atom. The Kier molecular flexibility index (Phi) is 5.50. The molecule has 1 aliphatic heterocycles. The van der Waals surface area contributed by atoms with Gasteiger partial charge >= 0.3 is 6.18 Å². The summed E-state index contributed by atoms with van der Waals surface area (Å²) < 4.78 is 39.1. The Labute approximate surface area is 168 Å². The van der Waals surface area contributed by atoms with Crippen LogP contribution in [-0.2, 0) is 34.4 Å². The molecule has 0 saturated carbocycles. The molecule has 154 valence electrons. The fourth-order valence-electron chi connectivity index (χ4n) is 3.18. The number of amides is 2. The molecule has 1 aromatic carbocycles. The van der Waals surface area contributed by atoms with Crippen molar-refractivity contribution in [3.05, 3.63) is 58.1 Å². The van der Waals surface area contributed by atoms with Crippen LogP contribution in [0.3, 0.4) is 0 Å². The molecule has 1 aromatic heterocycles. The number of hydrogen-bond acceptors (Lipinski definition) is 5. The van der Waals surface area contributed by atoms with Crippen molar-refractivity contribution in [1.29, 1.82) is 0 Å². The first-order valence-corrected chi connectivity index (χ1v) is 8.91. The van der Waals surface area contributed by atoms with Gasteiger partial charge in [-0.1, -0.05) is 11.6 Å². The zero-order chi connectivity index (χ0) is 21.4. The van der Waals surface area contributed by atoms with Gasteiger partial charge in [-0.05, 0) is 29.7 Å². The highest BCUT2D eigenvalue weighted by Crippen LogP contribution is 2.38.